The highest BCUT2D eigenvalue weighted by atomic mass is 19.2. The fraction of sp³-hybridized carbons (Fsp3) is 0. The van der Waals surface area contributed by atoms with Gasteiger partial charge in [0.2, 0.25) is 0 Å². The Balaban J connectivity index is 2.03. The van der Waals surface area contributed by atoms with E-state index in [2.05, 4.69) is 9.97 Å². The van der Waals surface area contributed by atoms with Crippen LogP contribution in [-0.2, 0) is 0 Å². The number of hydrogen-bond acceptors (Lipinski definition) is 3. The van der Waals surface area contributed by atoms with Crippen LogP contribution in [0.25, 0.3) is 11.0 Å². The SMILES string of the molecule is Nc1nc2ccc(C(=O)[13c]3[13cH][13cH][13c](F)[13cH][13cH]3)cc2[nH]1. The van der Waals surface area contributed by atoms with Crippen LogP contribution in [-0.4, -0.2) is 15.8 Å². The van der Waals surface area contributed by atoms with Crippen LogP contribution in [0, 0.1) is 5.82 Å². The fourth-order valence-electron chi connectivity index (χ4n) is 1.94. The summed E-state index contributed by atoms with van der Waals surface area (Å²) in [5.74, 6) is -0.232. The minimum atomic E-state index is -0.367. The van der Waals surface area contributed by atoms with Crippen LogP contribution in [0.2, 0.25) is 0 Å². The molecule has 3 N–H and O–H groups in total. The molecule has 0 aliphatic heterocycles. The summed E-state index contributed by atoms with van der Waals surface area (Å²) >= 11 is 0. The lowest BCUT2D eigenvalue weighted by Gasteiger charge is -2.01. The molecule has 2 aromatic carbocycles. The molecule has 0 amide bonds. The van der Waals surface area contributed by atoms with Crippen LogP contribution in [0.1, 0.15) is 15.9 Å². The van der Waals surface area contributed by atoms with E-state index in [1.54, 1.807) is 18.2 Å². The third kappa shape index (κ3) is 2.06. The molecule has 0 saturated heterocycles. The third-order valence-electron chi connectivity index (χ3n) is 2.87. The van der Waals surface area contributed by atoms with Crippen LogP contribution in [0.4, 0.5) is 10.3 Å². The summed E-state index contributed by atoms with van der Waals surface area (Å²) in [6, 6.07) is 10.5. The molecule has 4 nitrogen and oxygen atoms in total. The van der Waals surface area contributed by atoms with Gasteiger partial charge in [0.15, 0.2) is 11.7 Å². The van der Waals surface area contributed by atoms with E-state index < -0.39 is 0 Å². The number of anilines is 1. The number of nitrogen functional groups attached to an aromatic ring is 1. The normalized spacial score (nSPS) is 10.8. The monoisotopic (exact) mass is 261 g/mol. The number of nitrogens with zero attached hydrogens (tertiary/aromatic N) is 1. The summed E-state index contributed by atoms with van der Waals surface area (Å²) in [5.41, 5.74) is 7.89. The second kappa shape index (κ2) is 4.20. The zero-order chi connectivity index (χ0) is 13.4. The van der Waals surface area contributed by atoms with Gasteiger partial charge < -0.3 is 10.7 Å². The predicted molar refractivity (Wildman–Crippen MR) is 70.3 cm³/mol. The van der Waals surface area contributed by atoms with Gasteiger partial charge in [-0.25, -0.2) is 9.37 Å². The van der Waals surface area contributed by atoms with Crippen molar-refractivity contribution in [3.05, 3.63) is 59.4 Å². The molecule has 3 aromatic rings. The van der Waals surface area contributed by atoms with Gasteiger partial charge in [-0.05, 0) is 42.5 Å². The zero-order valence-corrected chi connectivity index (χ0v) is 9.85. The van der Waals surface area contributed by atoms with Crippen molar-refractivity contribution < 1.29 is 9.18 Å². The maximum absolute atomic E-state index is 12.8. The smallest absolute Gasteiger partial charge is 0.198 e. The molecule has 3 rings (SSSR count). The highest BCUT2D eigenvalue weighted by molar-refractivity contribution is 6.10. The average Bonchev–Trinajstić information content (AvgIpc) is 2.77. The molecule has 0 spiro atoms. The van der Waals surface area contributed by atoms with Gasteiger partial charge in [0.05, 0.1) is 11.0 Å². The van der Waals surface area contributed by atoms with Crippen molar-refractivity contribution in [2.75, 3.05) is 5.73 Å². The lowest BCUT2D eigenvalue weighted by molar-refractivity contribution is 0.103. The number of rotatable bonds is 2. The second-order valence-electron chi connectivity index (χ2n) is 4.19. The first-order valence-corrected chi connectivity index (χ1v) is 5.69. The minimum absolute atomic E-state index is 0.171. The number of carbonyl (C=O) groups is 1. The second-order valence-corrected chi connectivity index (χ2v) is 4.19. The van der Waals surface area contributed by atoms with Crippen molar-refractivity contribution in [3.8, 4) is 0 Å². The Kier molecular flexibility index (Phi) is 2.52. The number of carbonyl (C=O) groups excluding carboxylic acids is 1. The quantitative estimate of drug-likeness (QED) is 0.696. The topological polar surface area (TPSA) is 71.8 Å². The molecule has 5 heteroatoms. The molecule has 0 aliphatic carbocycles. The number of halogens is 1. The number of ketones is 1. The summed E-state index contributed by atoms with van der Waals surface area (Å²) in [5, 5.41) is 0. The Hall–Kier alpha value is -2.69. The van der Waals surface area contributed by atoms with Gasteiger partial charge in [-0.3, -0.25) is 4.79 Å². The molecule has 1 heterocycles. The van der Waals surface area contributed by atoms with E-state index in [4.69, 9.17) is 5.73 Å². The Morgan fingerprint density at radius 2 is 1.79 bits per heavy atom. The highest BCUT2D eigenvalue weighted by Crippen LogP contribution is 2.17. The van der Waals surface area contributed by atoms with Gasteiger partial charge in [-0.15, -0.1) is 0 Å². The largest absolute Gasteiger partial charge is 0.369 e. The molecule has 0 saturated carbocycles. The molecular formula is C14H10FN3O. The van der Waals surface area contributed by atoms with Crippen molar-refractivity contribution in [2.45, 2.75) is 0 Å². The maximum atomic E-state index is 12.8. The lowest BCUT2D eigenvalue weighted by atomic mass is 10.1. The first kappa shape index (κ1) is 11.4. The van der Waals surface area contributed by atoms with Gasteiger partial charge in [-0.1, -0.05) is 0 Å². The number of aromatic amines is 1. The number of benzene rings is 2. The van der Waals surface area contributed by atoms with Crippen molar-refractivity contribution in [3.63, 3.8) is 0 Å². The van der Waals surface area contributed by atoms with Gasteiger partial charge in [0, 0.05) is 11.1 Å². The summed E-state index contributed by atoms with van der Waals surface area (Å²) in [7, 11) is 0. The van der Waals surface area contributed by atoms with E-state index in [0.717, 1.165) is 0 Å². The van der Waals surface area contributed by atoms with E-state index in [-0.39, 0.29) is 11.6 Å². The van der Waals surface area contributed by atoms with E-state index in [9.17, 15) is 9.18 Å². The van der Waals surface area contributed by atoms with Gasteiger partial charge in [0.25, 0.3) is 0 Å². The Labute approximate surface area is 108 Å². The van der Waals surface area contributed by atoms with Gasteiger partial charge in [0.1, 0.15) is 5.82 Å². The van der Waals surface area contributed by atoms with Crippen LogP contribution in [0.5, 0.6) is 0 Å². The molecule has 0 unspecified atom stereocenters. The third-order valence-corrected chi connectivity index (χ3v) is 2.87. The van der Waals surface area contributed by atoms with Crippen molar-refractivity contribution in [2.24, 2.45) is 0 Å². The molecule has 1 aromatic heterocycles. The van der Waals surface area contributed by atoms with Crippen LogP contribution < -0.4 is 5.73 Å². The molecular weight excluding hydrogens is 251 g/mol. The zero-order valence-electron chi connectivity index (χ0n) is 9.85. The summed E-state index contributed by atoms with van der Waals surface area (Å²) in [6.07, 6.45) is 0. The standard InChI is InChI=1S/C14H10FN3O/c15-10-4-1-8(2-5-10)13(19)9-3-6-11-12(7-9)18-14(16)17-11/h1-7H,(H3,16,17,18)/i1+1,2+1,4+1,5+1,8+1,10+1. The molecule has 0 atom stereocenters. The number of aromatic nitrogens is 2. The van der Waals surface area contributed by atoms with Gasteiger partial charge >= 0.3 is 0 Å². The van der Waals surface area contributed by atoms with Crippen molar-refractivity contribution in [1.29, 1.82) is 0 Å². The number of hydrogen-bond donors (Lipinski definition) is 2. The van der Waals surface area contributed by atoms with Crippen molar-refractivity contribution >= 4 is 22.8 Å². The predicted octanol–water partition coefficient (Wildman–Crippen LogP) is 2.52. The molecule has 19 heavy (non-hydrogen) atoms. The number of nitrogens with two attached hydrogens (primary N) is 1. The van der Waals surface area contributed by atoms with E-state index >= 15 is 0 Å². The molecule has 0 bridgehead atoms. The maximum Gasteiger partial charge on any atom is 0.198 e. The number of fused-ring (bicyclic) bond motifs is 1. The highest BCUT2D eigenvalue weighted by Gasteiger charge is 2.10. The Bertz CT molecular complexity index is 762. The Morgan fingerprint density at radius 1 is 1.11 bits per heavy atom. The molecule has 0 aliphatic rings. The molecule has 94 valence electrons. The fourth-order valence-corrected chi connectivity index (χ4v) is 1.94. The number of nitrogens with one attached hydrogen (secondary N) is 1. The minimum Gasteiger partial charge on any atom is -0.369 e. The van der Waals surface area contributed by atoms with Gasteiger partial charge in [-0.2, -0.15) is 0 Å². The van der Waals surface area contributed by atoms with E-state index in [0.29, 0.717) is 28.1 Å². The average molecular weight is 261 g/mol. The summed E-state index contributed by atoms with van der Waals surface area (Å²) in [6.45, 7) is 0. The number of H-pyrrole nitrogens is 1. The first-order chi connectivity index (χ1) is 9.13. The molecule has 0 radical (unpaired) electrons. The number of imidazole rings is 1. The van der Waals surface area contributed by atoms with Crippen LogP contribution in [0.15, 0.2) is 42.5 Å². The van der Waals surface area contributed by atoms with Crippen LogP contribution >= 0.6 is 0 Å². The summed E-state index contributed by atoms with van der Waals surface area (Å²) in [4.78, 5) is 19.1. The van der Waals surface area contributed by atoms with Crippen molar-refractivity contribution in [1.82, 2.24) is 9.97 Å². The Morgan fingerprint density at radius 3 is 2.53 bits per heavy atom. The lowest BCUT2D eigenvalue weighted by Crippen LogP contribution is -2.01. The van der Waals surface area contributed by atoms with Crippen LogP contribution in [0.3, 0.4) is 0 Å². The summed E-state index contributed by atoms with van der Waals surface area (Å²) < 4.78 is 12.8. The molecule has 0 fully saturated rings. The van der Waals surface area contributed by atoms with E-state index in [1.807, 2.05) is 0 Å². The van der Waals surface area contributed by atoms with E-state index in [1.165, 1.54) is 24.3 Å². The first-order valence-electron chi connectivity index (χ1n) is 5.69.